The number of hydrogen-bond acceptors (Lipinski definition) is 5. The molecule has 0 saturated carbocycles. The van der Waals surface area contributed by atoms with Gasteiger partial charge in [0.15, 0.2) is 0 Å². The topological polar surface area (TPSA) is 25.4 Å². The number of thiazole rings is 1. The summed E-state index contributed by atoms with van der Waals surface area (Å²) in [5.74, 6) is 0. The molecule has 2 unspecified atom stereocenters. The first-order chi connectivity index (χ1) is 13.7. The van der Waals surface area contributed by atoms with E-state index >= 15 is 0 Å². The first-order valence-electron chi connectivity index (χ1n) is 10.0. The Bertz CT molecular complexity index is 1150. The van der Waals surface area contributed by atoms with E-state index < -0.39 is 0 Å². The Balaban J connectivity index is 1.27. The summed E-state index contributed by atoms with van der Waals surface area (Å²) in [5, 5.41) is 3.49. The maximum Gasteiger partial charge on any atom is 0.273 e. The van der Waals surface area contributed by atoms with E-state index in [2.05, 4.69) is 59.4 Å². The third-order valence-electron chi connectivity index (χ3n) is 6.47. The zero-order valence-electron chi connectivity index (χ0n) is 15.8. The van der Waals surface area contributed by atoms with Gasteiger partial charge in [0.25, 0.3) is 5.19 Å². The predicted molar refractivity (Wildman–Crippen MR) is 119 cm³/mol. The average Bonchev–Trinajstić information content (AvgIpc) is 3.36. The highest BCUT2D eigenvalue weighted by molar-refractivity contribution is 7.25. The van der Waals surface area contributed by atoms with Gasteiger partial charge in [-0.05, 0) is 56.5 Å². The fourth-order valence-corrected chi connectivity index (χ4v) is 6.84. The highest BCUT2D eigenvalue weighted by atomic mass is 32.1. The number of benzene rings is 2. The van der Waals surface area contributed by atoms with Gasteiger partial charge in [0.1, 0.15) is 6.10 Å². The van der Waals surface area contributed by atoms with Crippen LogP contribution in [0.4, 0.5) is 0 Å². The highest BCUT2D eigenvalue weighted by Crippen LogP contribution is 2.40. The molecule has 4 aromatic rings. The minimum Gasteiger partial charge on any atom is -0.467 e. The molecular formula is C23H22N2OS2. The number of nitrogens with zero attached hydrogens (tertiary/aromatic N) is 2. The summed E-state index contributed by atoms with van der Waals surface area (Å²) >= 11 is 3.54. The summed E-state index contributed by atoms with van der Waals surface area (Å²) in [6, 6.07) is 16.8. The standard InChI is InChI=1S/C23H22N2OS2/c1-25-15-7-8-16(25)12-17(11-15)26-23-24-13-22(28-23)14-6-9-21-19(10-14)18-4-2-3-5-20(18)27-21/h2-6,9-10,13,15-17H,7-8,11-12H2,1H3. The Morgan fingerprint density at radius 3 is 2.61 bits per heavy atom. The second kappa shape index (κ2) is 6.55. The summed E-state index contributed by atoms with van der Waals surface area (Å²) in [4.78, 5) is 8.32. The molecule has 0 aliphatic carbocycles. The number of piperidine rings is 1. The van der Waals surface area contributed by atoms with Crippen LogP contribution in [0.15, 0.2) is 48.7 Å². The Hall–Kier alpha value is -1.95. The minimum atomic E-state index is 0.316. The molecule has 2 bridgehead atoms. The van der Waals surface area contributed by atoms with Crippen molar-refractivity contribution in [2.45, 2.75) is 43.9 Å². The lowest BCUT2D eigenvalue weighted by molar-refractivity contribution is 0.0660. The van der Waals surface area contributed by atoms with E-state index in [-0.39, 0.29) is 0 Å². The molecule has 2 aliphatic heterocycles. The van der Waals surface area contributed by atoms with Crippen LogP contribution < -0.4 is 4.74 Å². The Kier molecular flexibility index (Phi) is 3.96. The third-order valence-corrected chi connectivity index (χ3v) is 8.56. The molecule has 2 saturated heterocycles. The molecule has 0 spiro atoms. The number of thiophene rings is 1. The SMILES string of the molecule is CN1C2CCC1CC(Oc1ncc(-c3ccc4sc5ccccc5c4c3)s1)C2. The van der Waals surface area contributed by atoms with E-state index in [1.165, 1.54) is 43.5 Å². The summed E-state index contributed by atoms with van der Waals surface area (Å²) in [7, 11) is 2.27. The van der Waals surface area contributed by atoms with Gasteiger partial charge < -0.3 is 9.64 Å². The van der Waals surface area contributed by atoms with Crippen molar-refractivity contribution in [1.29, 1.82) is 0 Å². The molecule has 2 atom stereocenters. The molecule has 2 aromatic heterocycles. The molecule has 2 fully saturated rings. The van der Waals surface area contributed by atoms with Crippen molar-refractivity contribution in [2.24, 2.45) is 0 Å². The predicted octanol–water partition coefficient (Wildman–Crippen LogP) is 6.18. The van der Waals surface area contributed by atoms with E-state index in [0.717, 1.165) is 18.0 Å². The summed E-state index contributed by atoms with van der Waals surface area (Å²) in [6.45, 7) is 0. The van der Waals surface area contributed by atoms with Crippen LogP contribution >= 0.6 is 22.7 Å². The van der Waals surface area contributed by atoms with E-state index in [1.807, 2.05) is 17.5 Å². The van der Waals surface area contributed by atoms with E-state index in [9.17, 15) is 0 Å². The fourth-order valence-electron chi connectivity index (χ4n) is 4.93. The molecule has 2 aliphatic rings. The van der Waals surface area contributed by atoms with Crippen LogP contribution in [0.3, 0.4) is 0 Å². The van der Waals surface area contributed by atoms with Gasteiger partial charge in [-0.15, -0.1) is 11.3 Å². The monoisotopic (exact) mass is 406 g/mol. The third kappa shape index (κ3) is 2.76. The average molecular weight is 407 g/mol. The smallest absolute Gasteiger partial charge is 0.273 e. The Morgan fingerprint density at radius 1 is 0.964 bits per heavy atom. The number of fused-ring (bicyclic) bond motifs is 5. The van der Waals surface area contributed by atoms with Gasteiger partial charge in [-0.25, -0.2) is 4.98 Å². The number of hydrogen-bond donors (Lipinski definition) is 0. The Morgan fingerprint density at radius 2 is 1.75 bits per heavy atom. The van der Waals surface area contributed by atoms with Gasteiger partial charge in [0, 0.05) is 38.5 Å². The van der Waals surface area contributed by atoms with Crippen LogP contribution in [-0.2, 0) is 0 Å². The molecule has 2 aromatic carbocycles. The molecule has 142 valence electrons. The van der Waals surface area contributed by atoms with Crippen molar-refractivity contribution < 1.29 is 4.74 Å². The summed E-state index contributed by atoms with van der Waals surface area (Å²) in [6.07, 6.45) is 7.19. The lowest BCUT2D eigenvalue weighted by atomic mass is 10.0. The van der Waals surface area contributed by atoms with Crippen molar-refractivity contribution in [3.05, 3.63) is 48.7 Å². The summed E-state index contributed by atoms with van der Waals surface area (Å²) in [5.41, 5.74) is 1.23. The van der Waals surface area contributed by atoms with Crippen molar-refractivity contribution in [1.82, 2.24) is 9.88 Å². The highest BCUT2D eigenvalue weighted by Gasteiger charge is 2.39. The van der Waals surface area contributed by atoms with Gasteiger partial charge in [-0.2, -0.15) is 0 Å². The zero-order valence-corrected chi connectivity index (χ0v) is 17.4. The maximum absolute atomic E-state index is 6.31. The number of rotatable bonds is 3. The molecular weight excluding hydrogens is 384 g/mol. The van der Waals surface area contributed by atoms with Crippen molar-refractivity contribution >= 4 is 42.8 Å². The second-order valence-electron chi connectivity index (χ2n) is 8.06. The zero-order chi connectivity index (χ0) is 18.7. The molecule has 6 rings (SSSR count). The van der Waals surface area contributed by atoms with Crippen molar-refractivity contribution in [3.63, 3.8) is 0 Å². The normalized spacial score (nSPS) is 25.0. The lowest BCUT2D eigenvalue weighted by Crippen LogP contribution is -2.43. The largest absolute Gasteiger partial charge is 0.467 e. The first kappa shape index (κ1) is 17.0. The van der Waals surface area contributed by atoms with Crippen LogP contribution in [0, 0.1) is 0 Å². The molecule has 0 amide bonds. The molecule has 3 nitrogen and oxygen atoms in total. The van der Waals surface area contributed by atoms with E-state index in [4.69, 9.17) is 4.74 Å². The van der Waals surface area contributed by atoms with E-state index in [0.29, 0.717) is 18.2 Å². The van der Waals surface area contributed by atoms with E-state index in [1.54, 1.807) is 11.3 Å². The fraction of sp³-hybridized carbons (Fsp3) is 0.348. The summed E-state index contributed by atoms with van der Waals surface area (Å²) < 4.78 is 9.00. The van der Waals surface area contributed by atoms with Crippen molar-refractivity contribution in [2.75, 3.05) is 7.05 Å². The van der Waals surface area contributed by atoms with Crippen LogP contribution in [-0.4, -0.2) is 35.1 Å². The van der Waals surface area contributed by atoms with Gasteiger partial charge >= 0.3 is 0 Å². The molecule has 28 heavy (non-hydrogen) atoms. The van der Waals surface area contributed by atoms with Crippen LogP contribution in [0.5, 0.6) is 5.19 Å². The van der Waals surface area contributed by atoms with Gasteiger partial charge in [-0.3, -0.25) is 0 Å². The lowest BCUT2D eigenvalue weighted by Gasteiger charge is -2.35. The van der Waals surface area contributed by atoms with Gasteiger partial charge in [0.05, 0.1) is 4.88 Å². The Labute approximate surface area is 172 Å². The quantitative estimate of drug-likeness (QED) is 0.406. The molecule has 0 N–H and O–H groups in total. The van der Waals surface area contributed by atoms with Crippen LogP contribution in [0.1, 0.15) is 25.7 Å². The number of ether oxygens (including phenoxy) is 1. The van der Waals surface area contributed by atoms with Gasteiger partial charge in [-0.1, -0.05) is 35.6 Å². The van der Waals surface area contributed by atoms with Gasteiger partial charge in [0.2, 0.25) is 0 Å². The molecule has 4 heterocycles. The minimum absolute atomic E-state index is 0.316. The van der Waals surface area contributed by atoms with Crippen LogP contribution in [0.25, 0.3) is 30.6 Å². The maximum atomic E-state index is 6.31. The molecule has 0 radical (unpaired) electrons. The first-order valence-corrected chi connectivity index (χ1v) is 11.6. The molecule has 5 heteroatoms. The number of aromatic nitrogens is 1. The van der Waals surface area contributed by atoms with Crippen LogP contribution in [0.2, 0.25) is 0 Å². The van der Waals surface area contributed by atoms with Crippen molar-refractivity contribution in [3.8, 4) is 15.6 Å². The second-order valence-corrected chi connectivity index (χ2v) is 10.1.